The smallest absolute Gasteiger partial charge is 0.176 e. The highest BCUT2D eigenvalue weighted by atomic mass is 16.1. The average molecular weight is 203 g/mol. The summed E-state index contributed by atoms with van der Waals surface area (Å²) in [6, 6.07) is 7.97. The molecule has 15 heavy (non-hydrogen) atoms. The molecule has 2 nitrogen and oxygen atoms in total. The van der Waals surface area contributed by atoms with E-state index in [1.165, 1.54) is 31.2 Å². The van der Waals surface area contributed by atoms with E-state index in [0.717, 1.165) is 5.56 Å². The third kappa shape index (κ3) is 2.26. The summed E-state index contributed by atoms with van der Waals surface area (Å²) in [6.45, 7) is 0.105. The van der Waals surface area contributed by atoms with Gasteiger partial charge in [-0.25, -0.2) is 0 Å². The lowest BCUT2D eigenvalue weighted by molar-refractivity contribution is 0.100. The lowest BCUT2D eigenvalue weighted by Gasteiger charge is -2.10. The second kappa shape index (κ2) is 4.58. The summed E-state index contributed by atoms with van der Waals surface area (Å²) in [4.78, 5) is 11.5. The highest BCUT2D eigenvalue weighted by Gasteiger charge is 2.17. The minimum Gasteiger partial charge on any atom is -0.324 e. The Morgan fingerprint density at radius 2 is 2.07 bits per heavy atom. The van der Waals surface area contributed by atoms with Crippen LogP contribution in [0.25, 0.3) is 0 Å². The van der Waals surface area contributed by atoms with Crippen molar-refractivity contribution >= 4 is 5.78 Å². The Balaban J connectivity index is 2.21. The minimum atomic E-state index is 0.0369. The third-order valence-electron chi connectivity index (χ3n) is 3.22. The van der Waals surface area contributed by atoms with E-state index < -0.39 is 0 Å². The first-order valence-corrected chi connectivity index (χ1v) is 5.64. The average Bonchev–Trinajstić information content (AvgIpc) is 2.82. The van der Waals surface area contributed by atoms with Crippen molar-refractivity contribution in [2.24, 2.45) is 5.73 Å². The molecule has 0 atom stereocenters. The van der Waals surface area contributed by atoms with Crippen molar-refractivity contribution < 1.29 is 4.79 Å². The molecule has 0 radical (unpaired) electrons. The molecular weight excluding hydrogens is 186 g/mol. The fraction of sp³-hybridized carbons (Fsp3) is 0.462. The number of carbonyl (C=O) groups is 1. The maximum atomic E-state index is 11.5. The molecule has 0 saturated heterocycles. The van der Waals surface area contributed by atoms with E-state index in [-0.39, 0.29) is 12.3 Å². The van der Waals surface area contributed by atoms with Crippen molar-refractivity contribution in [2.45, 2.75) is 31.6 Å². The second-order valence-corrected chi connectivity index (χ2v) is 4.23. The highest BCUT2D eigenvalue weighted by Crippen LogP contribution is 2.34. The van der Waals surface area contributed by atoms with Crippen LogP contribution in [0.4, 0.5) is 0 Å². The van der Waals surface area contributed by atoms with Crippen LogP contribution in [0, 0.1) is 0 Å². The quantitative estimate of drug-likeness (QED) is 0.767. The fourth-order valence-electron chi connectivity index (χ4n) is 2.34. The van der Waals surface area contributed by atoms with Gasteiger partial charge in [0.2, 0.25) is 0 Å². The SMILES string of the molecule is NCC(=O)c1cccc(C2CCCC2)c1. The van der Waals surface area contributed by atoms with Crippen LogP contribution >= 0.6 is 0 Å². The summed E-state index contributed by atoms with van der Waals surface area (Å²) in [7, 11) is 0. The zero-order valence-electron chi connectivity index (χ0n) is 8.91. The predicted molar refractivity (Wildman–Crippen MR) is 61.0 cm³/mol. The molecule has 0 heterocycles. The van der Waals surface area contributed by atoms with Gasteiger partial charge >= 0.3 is 0 Å². The van der Waals surface area contributed by atoms with Gasteiger partial charge in [0.1, 0.15) is 0 Å². The van der Waals surface area contributed by atoms with Gasteiger partial charge in [-0.1, -0.05) is 31.0 Å². The van der Waals surface area contributed by atoms with Gasteiger partial charge in [-0.2, -0.15) is 0 Å². The molecule has 0 spiro atoms. The summed E-state index contributed by atoms with van der Waals surface area (Å²) in [5.74, 6) is 0.699. The number of benzene rings is 1. The van der Waals surface area contributed by atoms with Crippen molar-refractivity contribution in [3.05, 3.63) is 35.4 Å². The number of Topliss-reactive ketones (excluding diaryl/α,β-unsaturated/α-hetero) is 1. The van der Waals surface area contributed by atoms with Crippen LogP contribution in [0.1, 0.15) is 47.5 Å². The normalized spacial score (nSPS) is 16.9. The van der Waals surface area contributed by atoms with E-state index in [9.17, 15) is 4.79 Å². The van der Waals surface area contributed by atoms with Crippen LogP contribution in [-0.2, 0) is 0 Å². The highest BCUT2D eigenvalue weighted by molar-refractivity contribution is 5.97. The number of ketones is 1. The molecule has 0 aromatic heterocycles. The van der Waals surface area contributed by atoms with Crippen LogP contribution in [0.15, 0.2) is 24.3 Å². The van der Waals surface area contributed by atoms with Crippen LogP contribution in [0.5, 0.6) is 0 Å². The Morgan fingerprint density at radius 3 is 2.73 bits per heavy atom. The molecule has 0 bridgehead atoms. The zero-order chi connectivity index (χ0) is 10.7. The number of rotatable bonds is 3. The predicted octanol–water partition coefficient (Wildman–Crippen LogP) is 2.49. The lowest BCUT2D eigenvalue weighted by atomic mass is 9.95. The Labute approximate surface area is 90.5 Å². The first kappa shape index (κ1) is 10.4. The van der Waals surface area contributed by atoms with Crippen LogP contribution in [0.3, 0.4) is 0 Å². The molecule has 1 aliphatic carbocycles. The molecular formula is C13H17NO. The minimum absolute atomic E-state index is 0.0369. The standard InChI is InChI=1S/C13H17NO/c14-9-13(15)12-7-3-6-11(8-12)10-4-1-2-5-10/h3,6-8,10H,1-2,4-5,9,14H2. The summed E-state index contributed by atoms with van der Waals surface area (Å²) >= 11 is 0. The fourth-order valence-corrected chi connectivity index (χ4v) is 2.34. The molecule has 1 aromatic carbocycles. The number of carbonyl (C=O) groups excluding carboxylic acids is 1. The number of hydrogen-bond donors (Lipinski definition) is 1. The number of hydrogen-bond acceptors (Lipinski definition) is 2. The lowest BCUT2D eigenvalue weighted by Crippen LogP contribution is -2.13. The van der Waals surface area contributed by atoms with E-state index in [0.29, 0.717) is 5.92 Å². The van der Waals surface area contributed by atoms with Crippen molar-refractivity contribution in [3.63, 3.8) is 0 Å². The van der Waals surface area contributed by atoms with E-state index in [1.807, 2.05) is 18.2 Å². The van der Waals surface area contributed by atoms with Crippen molar-refractivity contribution in [2.75, 3.05) is 6.54 Å². The van der Waals surface area contributed by atoms with Gasteiger partial charge in [-0.15, -0.1) is 0 Å². The first-order chi connectivity index (χ1) is 7.31. The molecule has 1 saturated carbocycles. The molecule has 2 heteroatoms. The molecule has 1 fully saturated rings. The van der Waals surface area contributed by atoms with Crippen LogP contribution in [-0.4, -0.2) is 12.3 Å². The van der Waals surface area contributed by atoms with Gasteiger partial charge in [0.25, 0.3) is 0 Å². The van der Waals surface area contributed by atoms with Gasteiger partial charge in [-0.05, 0) is 30.4 Å². The molecule has 0 amide bonds. The third-order valence-corrected chi connectivity index (χ3v) is 3.22. The Hall–Kier alpha value is -1.15. The monoisotopic (exact) mass is 203 g/mol. The van der Waals surface area contributed by atoms with Crippen LogP contribution < -0.4 is 5.73 Å². The maximum Gasteiger partial charge on any atom is 0.176 e. The van der Waals surface area contributed by atoms with Crippen molar-refractivity contribution in [3.8, 4) is 0 Å². The summed E-state index contributed by atoms with van der Waals surface area (Å²) < 4.78 is 0. The summed E-state index contributed by atoms with van der Waals surface area (Å²) in [6.07, 6.45) is 5.17. The molecule has 2 N–H and O–H groups in total. The molecule has 0 aliphatic heterocycles. The summed E-state index contributed by atoms with van der Waals surface area (Å²) in [5, 5.41) is 0. The Bertz CT molecular complexity index is 353. The zero-order valence-corrected chi connectivity index (χ0v) is 8.91. The largest absolute Gasteiger partial charge is 0.324 e. The van der Waals surface area contributed by atoms with E-state index in [1.54, 1.807) is 0 Å². The maximum absolute atomic E-state index is 11.5. The molecule has 2 rings (SSSR count). The van der Waals surface area contributed by atoms with Crippen molar-refractivity contribution in [1.29, 1.82) is 0 Å². The van der Waals surface area contributed by atoms with Gasteiger partial charge in [0, 0.05) is 5.56 Å². The molecule has 80 valence electrons. The Morgan fingerprint density at radius 1 is 1.33 bits per heavy atom. The molecule has 0 unspecified atom stereocenters. The second-order valence-electron chi connectivity index (χ2n) is 4.23. The number of nitrogens with two attached hydrogens (primary N) is 1. The van der Waals surface area contributed by atoms with E-state index in [4.69, 9.17) is 5.73 Å². The Kier molecular flexibility index (Phi) is 3.17. The van der Waals surface area contributed by atoms with Gasteiger partial charge in [0.05, 0.1) is 6.54 Å². The molecule has 1 aromatic rings. The summed E-state index contributed by atoms with van der Waals surface area (Å²) in [5.41, 5.74) is 7.44. The van der Waals surface area contributed by atoms with E-state index in [2.05, 4.69) is 6.07 Å². The van der Waals surface area contributed by atoms with Gasteiger partial charge in [0.15, 0.2) is 5.78 Å². The molecule has 1 aliphatic rings. The van der Waals surface area contributed by atoms with Crippen molar-refractivity contribution in [1.82, 2.24) is 0 Å². The topological polar surface area (TPSA) is 43.1 Å². The van der Waals surface area contributed by atoms with Gasteiger partial charge in [-0.3, -0.25) is 4.79 Å². The van der Waals surface area contributed by atoms with E-state index >= 15 is 0 Å². The van der Waals surface area contributed by atoms with Crippen LogP contribution in [0.2, 0.25) is 0 Å². The van der Waals surface area contributed by atoms with Gasteiger partial charge < -0.3 is 5.73 Å². The first-order valence-electron chi connectivity index (χ1n) is 5.64.